The van der Waals surface area contributed by atoms with E-state index in [4.69, 9.17) is 44.2 Å². The monoisotopic (exact) mass is 500 g/mol. The van der Waals surface area contributed by atoms with Crippen LogP contribution in [0.15, 0.2) is 47.4 Å². The van der Waals surface area contributed by atoms with Crippen molar-refractivity contribution in [2.75, 3.05) is 26.2 Å². The van der Waals surface area contributed by atoms with Crippen LogP contribution in [-0.2, 0) is 14.8 Å². The Morgan fingerprint density at radius 3 is 2.00 bits per heavy atom. The zero-order valence-electron chi connectivity index (χ0n) is 17.1. The van der Waals surface area contributed by atoms with Crippen molar-refractivity contribution >= 4 is 50.9 Å². The molecule has 12 heteroatoms. The van der Waals surface area contributed by atoms with E-state index >= 15 is 0 Å². The van der Waals surface area contributed by atoms with E-state index in [1.165, 1.54) is 22.5 Å². The van der Waals surface area contributed by atoms with Crippen molar-refractivity contribution in [2.45, 2.75) is 11.8 Å². The van der Waals surface area contributed by atoms with Crippen molar-refractivity contribution in [2.24, 2.45) is 5.73 Å². The molecule has 0 bridgehead atoms. The molecule has 2 aromatic carbocycles. The number of nitrogens with zero attached hydrogens (tertiary/aromatic N) is 2. The van der Waals surface area contributed by atoms with E-state index in [-0.39, 0.29) is 52.9 Å². The summed E-state index contributed by atoms with van der Waals surface area (Å²) < 4.78 is 27.0. The summed E-state index contributed by atoms with van der Waals surface area (Å²) >= 11 is 12.0. The van der Waals surface area contributed by atoms with Crippen molar-refractivity contribution in [3.8, 4) is 0 Å². The number of amides is 1. The molecule has 3 rings (SSSR count). The lowest BCUT2D eigenvalue weighted by Crippen LogP contribution is -2.50. The Morgan fingerprint density at radius 1 is 1.00 bits per heavy atom. The smallest absolute Gasteiger partial charge is 0.300 e. The molecule has 4 N–H and O–H groups in total. The van der Waals surface area contributed by atoms with Gasteiger partial charge in [-0.25, -0.2) is 8.42 Å². The van der Waals surface area contributed by atoms with Gasteiger partial charge in [0.25, 0.3) is 11.9 Å². The number of amidine groups is 1. The SMILES string of the molecule is CC(=O)O.N=C(N)c1ccc(C(=O)N2CCN(S(=O)(=O)c3cc(Cl)ccc3Cl)CC2)cc1. The molecule has 9 nitrogen and oxygen atoms in total. The Labute approximate surface area is 195 Å². The summed E-state index contributed by atoms with van der Waals surface area (Å²) in [6, 6.07) is 10.7. The average Bonchev–Trinajstić information content (AvgIpc) is 2.74. The Kier molecular flexibility index (Phi) is 8.62. The van der Waals surface area contributed by atoms with Gasteiger partial charge in [0, 0.05) is 49.3 Å². The first-order chi connectivity index (χ1) is 14.9. The van der Waals surface area contributed by atoms with Gasteiger partial charge >= 0.3 is 0 Å². The molecule has 1 heterocycles. The number of hydrogen-bond acceptors (Lipinski definition) is 5. The lowest BCUT2D eigenvalue weighted by Gasteiger charge is -2.34. The maximum absolute atomic E-state index is 12.9. The summed E-state index contributed by atoms with van der Waals surface area (Å²) in [5.41, 5.74) is 6.41. The number of aliphatic carboxylic acids is 1. The molecule has 0 radical (unpaired) electrons. The predicted molar refractivity (Wildman–Crippen MR) is 122 cm³/mol. The van der Waals surface area contributed by atoms with Gasteiger partial charge in [-0.2, -0.15) is 4.31 Å². The van der Waals surface area contributed by atoms with Crippen LogP contribution >= 0.6 is 23.2 Å². The Morgan fingerprint density at radius 2 is 1.50 bits per heavy atom. The standard InChI is InChI=1S/C18H18Cl2N4O3S.C2H4O2/c19-14-5-6-15(20)16(11-14)28(26,27)24-9-7-23(8-10-24)18(25)13-3-1-12(2-4-13)17(21)22;1-2(3)4/h1-6,11H,7-10H2,(H3,21,22);1H3,(H,3,4). The van der Waals surface area contributed by atoms with Gasteiger partial charge in [0.05, 0.1) is 5.02 Å². The van der Waals surface area contributed by atoms with E-state index in [2.05, 4.69) is 0 Å². The highest BCUT2D eigenvalue weighted by molar-refractivity contribution is 7.89. The Bertz CT molecular complexity index is 1110. The number of carbonyl (C=O) groups is 2. The highest BCUT2D eigenvalue weighted by atomic mass is 35.5. The molecule has 1 amide bonds. The lowest BCUT2D eigenvalue weighted by molar-refractivity contribution is -0.134. The fourth-order valence-electron chi connectivity index (χ4n) is 2.92. The summed E-state index contributed by atoms with van der Waals surface area (Å²) in [6.45, 7) is 1.90. The van der Waals surface area contributed by atoms with Gasteiger partial charge < -0.3 is 15.7 Å². The normalized spacial score (nSPS) is 14.3. The molecule has 0 aliphatic carbocycles. The second-order valence-corrected chi connectivity index (χ2v) is 9.53. The van der Waals surface area contributed by atoms with Crippen LogP contribution < -0.4 is 5.73 Å². The molecule has 1 aliphatic rings. The molecule has 0 aromatic heterocycles. The summed E-state index contributed by atoms with van der Waals surface area (Å²) in [5, 5.41) is 15.2. The van der Waals surface area contributed by atoms with E-state index in [0.717, 1.165) is 6.92 Å². The maximum Gasteiger partial charge on any atom is 0.300 e. The first kappa shape index (κ1) is 25.6. The van der Waals surface area contributed by atoms with Crippen LogP contribution in [-0.4, -0.2) is 66.6 Å². The number of halogens is 2. The molecule has 0 atom stereocenters. The fraction of sp³-hybridized carbons (Fsp3) is 0.250. The highest BCUT2D eigenvalue weighted by Crippen LogP contribution is 2.28. The average molecular weight is 501 g/mol. The second kappa shape index (κ2) is 10.8. The molecule has 1 saturated heterocycles. The van der Waals surface area contributed by atoms with Crippen LogP contribution in [0.1, 0.15) is 22.8 Å². The third-order valence-electron chi connectivity index (χ3n) is 4.48. The molecule has 1 aliphatic heterocycles. The summed E-state index contributed by atoms with van der Waals surface area (Å²) in [4.78, 5) is 23.2. The zero-order valence-corrected chi connectivity index (χ0v) is 19.4. The van der Waals surface area contributed by atoms with Crippen molar-refractivity contribution in [3.05, 3.63) is 63.6 Å². The molecule has 2 aromatic rings. The van der Waals surface area contributed by atoms with Gasteiger partial charge in [0.15, 0.2) is 0 Å². The third-order valence-corrected chi connectivity index (χ3v) is 7.10. The van der Waals surface area contributed by atoms with Gasteiger partial charge in [-0.05, 0) is 30.3 Å². The maximum atomic E-state index is 12.9. The van der Waals surface area contributed by atoms with Crippen LogP contribution in [0.25, 0.3) is 0 Å². The molecular formula is C20H22Cl2N4O5S. The molecule has 1 fully saturated rings. The number of rotatable bonds is 4. The summed E-state index contributed by atoms with van der Waals surface area (Å²) in [6.07, 6.45) is 0. The van der Waals surface area contributed by atoms with Crippen molar-refractivity contribution in [1.29, 1.82) is 5.41 Å². The van der Waals surface area contributed by atoms with Crippen molar-refractivity contribution < 1.29 is 23.1 Å². The molecule has 32 heavy (non-hydrogen) atoms. The van der Waals surface area contributed by atoms with Gasteiger partial charge in [-0.1, -0.05) is 35.3 Å². The number of nitrogens with one attached hydrogen (secondary N) is 1. The largest absolute Gasteiger partial charge is 0.481 e. The van der Waals surface area contributed by atoms with Crippen LogP contribution in [0.2, 0.25) is 10.0 Å². The number of sulfonamides is 1. The fourth-order valence-corrected chi connectivity index (χ4v) is 5.08. The number of nitrogens with two attached hydrogens (primary N) is 1. The van der Waals surface area contributed by atoms with Crippen molar-refractivity contribution in [1.82, 2.24) is 9.21 Å². The Hall–Kier alpha value is -2.66. The van der Waals surface area contributed by atoms with Crippen LogP contribution in [0.4, 0.5) is 0 Å². The number of hydrogen-bond donors (Lipinski definition) is 3. The lowest BCUT2D eigenvalue weighted by atomic mass is 10.1. The number of carboxylic acid groups (broad SMARTS) is 1. The van der Waals surface area contributed by atoms with E-state index in [1.54, 1.807) is 29.2 Å². The Balaban J connectivity index is 0.000000837. The molecule has 172 valence electrons. The van der Waals surface area contributed by atoms with Crippen LogP contribution in [0, 0.1) is 5.41 Å². The second-order valence-electron chi connectivity index (χ2n) is 6.78. The number of nitrogen functional groups attached to an aromatic ring is 1. The zero-order chi connectivity index (χ0) is 24.1. The van der Waals surface area contributed by atoms with E-state index < -0.39 is 16.0 Å². The molecule has 0 spiro atoms. The minimum absolute atomic E-state index is 0.0405. The minimum atomic E-state index is -3.80. The van der Waals surface area contributed by atoms with Gasteiger partial charge in [-0.15, -0.1) is 0 Å². The summed E-state index contributed by atoms with van der Waals surface area (Å²) in [7, 11) is -3.80. The molecular weight excluding hydrogens is 479 g/mol. The van der Waals surface area contributed by atoms with Crippen LogP contribution in [0.5, 0.6) is 0 Å². The van der Waals surface area contributed by atoms with Gasteiger partial charge in [-0.3, -0.25) is 15.0 Å². The molecule has 0 unspecified atom stereocenters. The predicted octanol–water partition coefficient (Wildman–Crippen LogP) is 2.52. The first-order valence-electron chi connectivity index (χ1n) is 9.32. The molecule has 0 saturated carbocycles. The number of piperazine rings is 1. The number of carbonyl (C=O) groups excluding carboxylic acids is 1. The topological polar surface area (TPSA) is 145 Å². The van der Waals surface area contributed by atoms with Gasteiger partial charge in [0.2, 0.25) is 10.0 Å². The minimum Gasteiger partial charge on any atom is -0.481 e. The highest BCUT2D eigenvalue weighted by Gasteiger charge is 2.32. The van der Waals surface area contributed by atoms with E-state index in [1.807, 2.05) is 0 Å². The van der Waals surface area contributed by atoms with E-state index in [9.17, 15) is 13.2 Å². The number of carboxylic acids is 1. The number of benzene rings is 2. The van der Waals surface area contributed by atoms with Crippen LogP contribution in [0.3, 0.4) is 0 Å². The van der Waals surface area contributed by atoms with Gasteiger partial charge in [0.1, 0.15) is 10.7 Å². The van der Waals surface area contributed by atoms with Crippen molar-refractivity contribution in [3.63, 3.8) is 0 Å². The first-order valence-corrected chi connectivity index (χ1v) is 11.5. The quantitative estimate of drug-likeness (QED) is 0.434. The summed E-state index contributed by atoms with van der Waals surface area (Å²) in [5.74, 6) is -1.11. The third kappa shape index (κ3) is 6.42. The van der Waals surface area contributed by atoms with E-state index in [0.29, 0.717) is 11.1 Å².